The molecule has 2 aromatic carbocycles. The van der Waals surface area contributed by atoms with Crippen LogP contribution in [0.15, 0.2) is 52.4 Å². The highest BCUT2D eigenvalue weighted by Gasteiger charge is 2.18. The van der Waals surface area contributed by atoms with E-state index in [-0.39, 0.29) is 12.5 Å². The molecule has 0 unspecified atom stereocenters. The number of rotatable bonds is 5. The number of fused-ring (bicyclic) bond motifs is 1. The molecule has 0 atom stereocenters. The molecular formula is C17H16IN3O2S. The molecule has 2 aromatic rings. The van der Waals surface area contributed by atoms with Crippen LogP contribution in [0.5, 0.6) is 0 Å². The average Bonchev–Trinajstić information content (AvgIpc) is 2.61. The molecule has 0 aromatic heterocycles. The van der Waals surface area contributed by atoms with Crippen LogP contribution in [0.4, 0.5) is 5.69 Å². The topological polar surface area (TPSA) is 73.7 Å². The number of benzene rings is 2. The lowest BCUT2D eigenvalue weighted by Gasteiger charge is -2.16. The summed E-state index contributed by atoms with van der Waals surface area (Å²) in [5.74, 6) is 0.0809. The van der Waals surface area contributed by atoms with E-state index in [1.165, 1.54) is 11.9 Å². The Bertz CT molecular complexity index is 795. The van der Waals surface area contributed by atoms with Crippen LogP contribution >= 0.6 is 34.5 Å². The number of amides is 1. The molecule has 24 heavy (non-hydrogen) atoms. The normalized spacial score (nSPS) is 12.8. The number of nitrogens with zero attached hydrogens (tertiary/aromatic N) is 1. The SMILES string of the molecule is O=C(NCCc1ccccc1CO)C1=Nc2ccc(I)cc2SN1. The molecule has 3 rings (SSSR count). The summed E-state index contributed by atoms with van der Waals surface area (Å²) in [6.45, 7) is 0.491. The minimum atomic E-state index is -0.229. The zero-order chi connectivity index (χ0) is 16.9. The Morgan fingerprint density at radius 2 is 2.04 bits per heavy atom. The van der Waals surface area contributed by atoms with Gasteiger partial charge in [0.25, 0.3) is 5.91 Å². The Labute approximate surface area is 158 Å². The first kappa shape index (κ1) is 17.2. The summed E-state index contributed by atoms with van der Waals surface area (Å²) in [5, 5.41) is 12.2. The lowest BCUT2D eigenvalue weighted by atomic mass is 10.1. The van der Waals surface area contributed by atoms with Crippen molar-refractivity contribution in [1.29, 1.82) is 0 Å². The maximum atomic E-state index is 12.3. The fourth-order valence-electron chi connectivity index (χ4n) is 2.36. The van der Waals surface area contributed by atoms with E-state index in [0.29, 0.717) is 18.8 Å². The van der Waals surface area contributed by atoms with Crippen molar-refractivity contribution in [3.8, 4) is 0 Å². The molecule has 0 fully saturated rings. The molecule has 0 saturated heterocycles. The van der Waals surface area contributed by atoms with Gasteiger partial charge < -0.3 is 15.1 Å². The highest BCUT2D eigenvalue weighted by Crippen LogP contribution is 2.32. The van der Waals surface area contributed by atoms with E-state index in [2.05, 4.69) is 37.6 Å². The van der Waals surface area contributed by atoms with E-state index in [9.17, 15) is 9.90 Å². The van der Waals surface area contributed by atoms with Crippen molar-refractivity contribution in [3.63, 3.8) is 0 Å². The van der Waals surface area contributed by atoms with Gasteiger partial charge in [0, 0.05) is 10.1 Å². The van der Waals surface area contributed by atoms with Crippen LogP contribution in [0, 0.1) is 3.57 Å². The molecule has 1 aliphatic rings. The van der Waals surface area contributed by atoms with E-state index in [0.717, 1.165) is 25.3 Å². The van der Waals surface area contributed by atoms with Gasteiger partial charge in [0.2, 0.25) is 5.84 Å². The van der Waals surface area contributed by atoms with Crippen molar-refractivity contribution in [3.05, 3.63) is 57.2 Å². The molecule has 0 radical (unpaired) electrons. The molecule has 0 spiro atoms. The Hall–Kier alpha value is -1.58. The lowest BCUT2D eigenvalue weighted by molar-refractivity contribution is -0.114. The molecule has 0 saturated carbocycles. The summed E-state index contributed by atoms with van der Waals surface area (Å²) >= 11 is 3.64. The van der Waals surface area contributed by atoms with Gasteiger partial charge in [-0.3, -0.25) is 4.79 Å². The van der Waals surface area contributed by atoms with Crippen molar-refractivity contribution < 1.29 is 9.90 Å². The first-order valence-corrected chi connectivity index (χ1v) is 9.34. The van der Waals surface area contributed by atoms with Gasteiger partial charge in [-0.2, -0.15) is 0 Å². The van der Waals surface area contributed by atoms with Gasteiger partial charge >= 0.3 is 0 Å². The second-order valence-electron chi connectivity index (χ2n) is 5.21. The second kappa shape index (κ2) is 8.00. The van der Waals surface area contributed by atoms with Crippen molar-refractivity contribution in [2.24, 2.45) is 4.99 Å². The van der Waals surface area contributed by atoms with Crippen LogP contribution in [0.1, 0.15) is 11.1 Å². The Morgan fingerprint density at radius 3 is 2.83 bits per heavy atom. The molecule has 3 N–H and O–H groups in total. The molecule has 124 valence electrons. The van der Waals surface area contributed by atoms with Gasteiger partial charge in [0.1, 0.15) is 0 Å². The maximum Gasteiger partial charge on any atom is 0.287 e. The Morgan fingerprint density at radius 1 is 1.25 bits per heavy atom. The molecule has 1 amide bonds. The maximum absolute atomic E-state index is 12.3. The van der Waals surface area contributed by atoms with Crippen LogP contribution in [0.2, 0.25) is 0 Å². The van der Waals surface area contributed by atoms with Gasteiger partial charge in [-0.05, 0) is 70.3 Å². The average molecular weight is 453 g/mol. The molecule has 7 heteroatoms. The number of amidine groups is 1. The number of aliphatic imine (C=N–C) groups is 1. The van der Waals surface area contributed by atoms with E-state index in [1.807, 2.05) is 42.5 Å². The Balaban J connectivity index is 1.61. The molecule has 5 nitrogen and oxygen atoms in total. The van der Waals surface area contributed by atoms with E-state index in [4.69, 9.17) is 0 Å². The first-order chi connectivity index (χ1) is 11.7. The van der Waals surface area contributed by atoms with Gasteiger partial charge in [0.15, 0.2) is 0 Å². The summed E-state index contributed by atoms with van der Waals surface area (Å²) in [7, 11) is 0. The molecule has 0 bridgehead atoms. The summed E-state index contributed by atoms with van der Waals surface area (Å²) in [5.41, 5.74) is 2.72. The molecule has 1 heterocycles. The highest BCUT2D eigenvalue weighted by atomic mass is 127. The van der Waals surface area contributed by atoms with E-state index in [1.54, 1.807) is 0 Å². The number of hydrogen-bond acceptors (Lipinski definition) is 5. The number of halogens is 1. The van der Waals surface area contributed by atoms with Crippen LogP contribution in [-0.4, -0.2) is 23.4 Å². The number of carbonyl (C=O) groups is 1. The molecular weight excluding hydrogens is 437 g/mol. The van der Waals surface area contributed by atoms with Crippen molar-refractivity contribution in [2.45, 2.75) is 17.9 Å². The van der Waals surface area contributed by atoms with E-state index >= 15 is 0 Å². The molecule has 1 aliphatic heterocycles. The lowest BCUT2D eigenvalue weighted by Crippen LogP contribution is -2.39. The quantitative estimate of drug-likeness (QED) is 0.481. The van der Waals surface area contributed by atoms with Crippen molar-refractivity contribution in [2.75, 3.05) is 6.54 Å². The van der Waals surface area contributed by atoms with E-state index < -0.39 is 0 Å². The van der Waals surface area contributed by atoms with Crippen molar-refractivity contribution >= 4 is 52.0 Å². The summed E-state index contributed by atoms with van der Waals surface area (Å²) in [6.07, 6.45) is 0.664. The minimum absolute atomic E-state index is 0.00457. The zero-order valence-electron chi connectivity index (χ0n) is 12.8. The number of hydrogen-bond donors (Lipinski definition) is 3. The number of nitrogens with one attached hydrogen (secondary N) is 2. The minimum Gasteiger partial charge on any atom is -0.392 e. The highest BCUT2D eigenvalue weighted by molar-refractivity contribution is 14.1. The predicted octanol–water partition coefficient (Wildman–Crippen LogP) is 2.78. The largest absolute Gasteiger partial charge is 0.392 e. The Kier molecular flexibility index (Phi) is 5.75. The van der Waals surface area contributed by atoms with Gasteiger partial charge in [0.05, 0.1) is 17.2 Å². The fourth-order valence-corrected chi connectivity index (χ4v) is 3.81. The third-order valence-electron chi connectivity index (χ3n) is 3.60. The number of aliphatic hydroxyl groups is 1. The predicted molar refractivity (Wildman–Crippen MR) is 104 cm³/mol. The van der Waals surface area contributed by atoms with Crippen LogP contribution < -0.4 is 10.0 Å². The zero-order valence-corrected chi connectivity index (χ0v) is 15.7. The molecule has 0 aliphatic carbocycles. The van der Waals surface area contributed by atoms with Crippen LogP contribution in [0.3, 0.4) is 0 Å². The summed E-state index contributed by atoms with van der Waals surface area (Å²) in [4.78, 5) is 17.6. The fraction of sp³-hybridized carbons (Fsp3) is 0.176. The summed E-state index contributed by atoms with van der Waals surface area (Å²) in [6, 6.07) is 13.6. The van der Waals surface area contributed by atoms with Crippen molar-refractivity contribution in [1.82, 2.24) is 10.0 Å². The summed E-state index contributed by atoms with van der Waals surface area (Å²) < 4.78 is 4.12. The first-order valence-electron chi connectivity index (χ1n) is 7.44. The van der Waals surface area contributed by atoms with Crippen LogP contribution in [-0.2, 0) is 17.8 Å². The van der Waals surface area contributed by atoms with Crippen LogP contribution in [0.25, 0.3) is 0 Å². The van der Waals surface area contributed by atoms with Gasteiger partial charge in [-0.1, -0.05) is 24.3 Å². The third-order valence-corrected chi connectivity index (χ3v) is 5.11. The second-order valence-corrected chi connectivity index (χ2v) is 7.30. The number of aliphatic hydroxyl groups excluding tert-OH is 1. The van der Waals surface area contributed by atoms with Gasteiger partial charge in [-0.25, -0.2) is 4.99 Å². The smallest absolute Gasteiger partial charge is 0.287 e. The monoisotopic (exact) mass is 453 g/mol. The number of carbonyl (C=O) groups excluding carboxylic acids is 1. The standard InChI is InChI=1S/C17H16IN3O2S/c18-13-5-6-14-15(9-13)24-21-16(20-14)17(23)19-8-7-11-3-1-2-4-12(11)10-22/h1-6,9,22H,7-8,10H2,(H,19,23)(H,20,21). The van der Waals surface area contributed by atoms with Gasteiger partial charge in [-0.15, -0.1) is 0 Å². The third kappa shape index (κ3) is 4.08.